The Labute approximate surface area is 112 Å². The van der Waals surface area contributed by atoms with Crippen LogP contribution in [0.2, 0.25) is 0 Å². The number of phenols is 1. The van der Waals surface area contributed by atoms with Gasteiger partial charge in [0.1, 0.15) is 4.99 Å². The maximum Gasteiger partial charge on any atom is 0.200 e. The molecule has 18 heavy (non-hydrogen) atoms. The molecule has 0 radical (unpaired) electrons. The van der Waals surface area contributed by atoms with Crippen LogP contribution in [0.5, 0.6) is 17.2 Å². The lowest BCUT2D eigenvalue weighted by molar-refractivity contribution is 0.339. The van der Waals surface area contributed by atoms with Crippen molar-refractivity contribution < 1.29 is 14.6 Å². The van der Waals surface area contributed by atoms with Gasteiger partial charge in [-0.05, 0) is 25.0 Å². The van der Waals surface area contributed by atoms with Gasteiger partial charge in [-0.3, -0.25) is 0 Å². The van der Waals surface area contributed by atoms with E-state index < -0.39 is 0 Å². The number of nitrogens with zero attached hydrogens (tertiary/aromatic N) is 1. The molecule has 1 aromatic rings. The lowest BCUT2D eigenvalue weighted by atomic mass is 10.1. The third-order valence-corrected chi connectivity index (χ3v) is 3.61. The summed E-state index contributed by atoms with van der Waals surface area (Å²) in [6.07, 6.45) is 2.35. The zero-order valence-electron chi connectivity index (χ0n) is 10.6. The zero-order valence-corrected chi connectivity index (χ0v) is 11.4. The Bertz CT molecular complexity index is 431. The van der Waals surface area contributed by atoms with E-state index in [1.54, 1.807) is 12.1 Å². The summed E-state index contributed by atoms with van der Waals surface area (Å²) >= 11 is 5.47. The summed E-state index contributed by atoms with van der Waals surface area (Å²) in [5.41, 5.74) is 0.846. The number of benzene rings is 1. The van der Waals surface area contributed by atoms with Crippen molar-refractivity contribution in [1.82, 2.24) is 4.90 Å². The molecule has 0 aliphatic carbocycles. The Morgan fingerprint density at radius 1 is 1.17 bits per heavy atom. The third kappa shape index (κ3) is 2.36. The van der Waals surface area contributed by atoms with Crippen LogP contribution in [-0.2, 0) is 0 Å². The number of rotatable bonds is 3. The SMILES string of the molecule is COc1cc(C(=S)N2CCCC2)cc(OC)c1O. The van der Waals surface area contributed by atoms with Gasteiger partial charge in [0.15, 0.2) is 11.5 Å². The molecule has 1 aliphatic rings. The van der Waals surface area contributed by atoms with E-state index in [-0.39, 0.29) is 5.75 Å². The van der Waals surface area contributed by atoms with E-state index >= 15 is 0 Å². The molecule has 1 fully saturated rings. The quantitative estimate of drug-likeness (QED) is 0.850. The minimum Gasteiger partial charge on any atom is -0.502 e. The summed E-state index contributed by atoms with van der Waals surface area (Å²) < 4.78 is 10.3. The number of thiocarbonyl (C=S) groups is 1. The maximum absolute atomic E-state index is 9.85. The molecule has 1 N–H and O–H groups in total. The van der Waals surface area contributed by atoms with Gasteiger partial charge in [-0.15, -0.1) is 0 Å². The lowest BCUT2D eigenvalue weighted by Gasteiger charge is -2.20. The number of methoxy groups -OCH3 is 2. The van der Waals surface area contributed by atoms with Crippen LogP contribution in [0, 0.1) is 0 Å². The average Bonchev–Trinajstić information content (AvgIpc) is 2.92. The Hall–Kier alpha value is -1.49. The van der Waals surface area contributed by atoms with Crippen LogP contribution in [0.3, 0.4) is 0 Å². The predicted octanol–water partition coefficient (Wildman–Crippen LogP) is 2.18. The first-order chi connectivity index (χ1) is 8.67. The molecule has 1 aromatic carbocycles. The van der Waals surface area contributed by atoms with Gasteiger partial charge in [0, 0.05) is 18.7 Å². The molecule has 0 bridgehead atoms. The summed E-state index contributed by atoms with van der Waals surface area (Å²) in [4.78, 5) is 2.95. The van der Waals surface area contributed by atoms with Crippen molar-refractivity contribution in [3.05, 3.63) is 17.7 Å². The Morgan fingerprint density at radius 3 is 2.11 bits per heavy atom. The number of likely N-dealkylation sites (tertiary alicyclic amines) is 1. The maximum atomic E-state index is 9.85. The highest BCUT2D eigenvalue weighted by molar-refractivity contribution is 7.80. The minimum atomic E-state index is 0.00738. The molecular weight excluding hydrogens is 250 g/mol. The lowest BCUT2D eigenvalue weighted by Crippen LogP contribution is -2.26. The molecule has 1 saturated heterocycles. The standard InChI is InChI=1S/C13H17NO3S/c1-16-10-7-9(8-11(17-2)12(10)15)13(18)14-5-3-4-6-14/h7-8,15H,3-6H2,1-2H3. The van der Waals surface area contributed by atoms with E-state index in [1.807, 2.05) is 0 Å². The fourth-order valence-corrected chi connectivity index (χ4v) is 2.42. The van der Waals surface area contributed by atoms with Crippen molar-refractivity contribution in [1.29, 1.82) is 0 Å². The smallest absolute Gasteiger partial charge is 0.200 e. The second-order valence-corrected chi connectivity index (χ2v) is 4.62. The number of hydrogen-bond donors (Lipinski definition) is 1. The van der Waals surface area contributed by atoms with Crippen LogP contribution in [0.1, 0.15) is 18.4 Å². The Morgan fingerprint density at radius 2 is 1.67 bits per heavy atom. The minimum absolute atomic E-state index is 0.00738. The third-order valence-electron chi connectivity index (χ3n) is 3.12. The summed E-state index contributed by atoms with van der Waals surface area (Å²) in [5, 5.41) is 9.85. The van der Waals surface area contributed by atoms with Gasteiger partial charge in [0.05, 0.1) is 14.2 Å². The Balaban J connectivity index is 2.35. The topological polar surface area (TPSA) is 41.9 Å². The number of phenolic OH excluding ortho intramolecular Hbond substituents is 1. The van der Waals surface area contributed by atoms with E-state index in [1.165, 1.54) is 27.1 Å². The molecule has 0 saturated carbocycles. The molecule has 98 valence electrons. The highest BCUT2D eigenvalue weighted by atomic mass is 32.1. The van der Waals surface area contributed by atoms with Gasteiger partial charge >= 0.3 is 0 Å². The van der Waals surface area contributed by atoms with Crippen molar-refractivity contribution in [2.75, 3.05) is 27.3 Å². The molecule has 0 amide bonds. The van der Waals surface area contributed by atoms with Crippen LogP contribution in [0.25, 0.3) is 0 Å². The Kier molecular flexibility index (Phi) is 3.91. The first kappa shape index (κ1) is 13.0. The van der Waals surface area contributed by atoms with E-state index in [0.717, 1.165) is 23.6 Å². The summed E-state index contributed by atoms with van der Waals surface area (Å²) in [6.45, 7) is 1.98. The molecule has 0 spiro atoms. The molecule has 5 heteroatoms. The van der Waals surface area contributed by atoms with Crippen LogP contribution >= 0.6 is 12.2 Å². The molecular formula is C13H17NO3S. The van der Waals surface area contributed by atoms with Crippen LogP contribution in [0.4, 0.5) is 0 Å². The van der Waals surface area contributed by atoms with Gasteiger partial charge in [-0.25, -0.2) is 0 Å². The van der Waals surface area contributed by atoms with E-state index in [2.05, 4.69) is 4.90 Å². The highest BCUT2D eigenvalue weighted by Gasteiger charge is 2.19. The van der Waals surface area contributed by atoms with Crippen molar-refractivity contribution in [3.8, 4) is 17.2 Å². The zero-order chi connectivity index (χ0) is 13.1. The van der Waals surface area contributed by atoms with Gasteiger partial charge in [-0.2, -0.15) is 0 Å². The molecule has 4 nitrogen and oxygen atoms in total. The fraction of sp³-hybridized carbons (Fsp3) is 0.462. The summed E-state index contributed by atoms with van der Waals surface area (Å²) in [7, 11) is 3.02. The van der Waals surface area contributed by atoms with E-state index in [4.69, 9.17) is 21.7 Å². The number of ether oxygens (including phenoxy) is 2. The van der Waals surface area contributed by atoms with Crippen molar-refractivity contribution in [2.45, 2.75) is 12.8 Å². The molecule has 2 rings (SSSR count). The van der Waals surface area contributed by atoms with Crippen molar-refractivity contribution in [2.24, 2.45) is 0 Å². The molecule has 0 atom stereocenters. The van der Waals surface area contributed by atoms with Gasteiger partial charge in [-0.1, -0.05) is 12.2 Å². The van der Waals surface area contributed by atoms with Crippen LogP contribution in [-0.4, -0.2) is 42.3 Å². The average molecular weight is 267 g/mol. The monoisotopic (exact) mass is 267 g/mol. The van der Waals surface area contributed by atoms with Crippen molar-refractivity contribution in [3.63, 3.8) is 0 Å². The van der Waals surface area contributed by atoms with Gasteiger partial charge < -0.3 is 19.5 Å². The number of hydrogen-bond acceptors (Lipinski definition) is 4. The van der Waals surface area contributed by atoms with Crippen molar-refractivity contribution >= 4 is 17.2 Å². The molecule has 0 aromatic heterocycles. The highest BCUT2D eigenvalue weighted by Crippen LogP contribution is 2.37. The second kappa shape index (κ2) is 5.44. The normalized spacial score (nSPS) is 14.7. The first-order valence-electron chi connectivity index (χ1n) is 5.91. The number of aromatic hydroxyl groups is 1. The second-order valence-electron chi connectivity index (χ2n) is 4.23. The summed E-state index contributed by atoms with van der Waals surface area (Å²) in [6, 6.07) is 3.50. The first-order valence-corrected chi connectivity index (χ1v) is 6.32. The van der Waals surface area contributed by atoms with E-state index in [9.17, 15) is 5.11 Å². The molecule has 1 aliphatic heterocycles. The van der Waals surface area contributed by atoms with Crippen LogP contribution in [0.15, 0.2) is 12.1 Å². The van der Waals surface area contributed by atoms with Crippen LogP contribution < -0.4 is 9.47 Å². The van der Waals surface area contributed by atoms with Gasteiger partial charge in [0.2, 0.25) is 5.75 Å². The fourth-order valence-electron chi connectivity index (χ4n) is 2.12. The largest absolute Gasteiger partial charge is 0.502 e. The molecule has 1 heterocycles. The van der Waals surface area contributed by atoms with Gasteiger partial charge in [0.25, 0.3) is 0 Å². The van der Waals surface area contributed by atoms with E-state index in [0.29, 0.717) is 11.5 Å². The summed E-state index contributed by atoms with van der Waals surface area (Å²) in [5.74, 6) is 0.768. The predicted molar refractivity (Wildman–Crippen MR) is 73.7 cm³/mol. The molecule has 0 unspecified atom stereocenters.